The monoisotopic (exact) mass is 275 g/mol. The fourth-order valence-electron chi connectivity index (χ4n) is 1.78. The molecule has 0 aromatic rings. The highest BCUT2D eigenvalue weighted by molar-refractivity contribution is 6.76. The molecule has 1 amide bonds. The number of carbonyl (C=O) groups excluding carboxylic acids is 1. The molecular weight excluding hydrogens is 254 g/mol. The van der Waals surface area contributed by atoms with Crippen LogP contribution >= 0.6 is 0 Å². The van der Waals surface area contributed by atoms with E-state index in [0.717, 1.165) is 10.9 Å². The van der Waals surface area contributed by atoms with Crippen LogP contribution in [0.5, 0.6) is 0 Å². The number of aliphatic hydroxyl groups is 1. The third-order valence-corrected chi connectivity index (χ3v) is 4.58. The van der Waals surface area contributed by atoms with E-state index < -0.39 is 32.3 Å². The summed E-state index contributed by atoms with van der Waals surface area (Å²) in [6, 6.07) is -0.133. The second kappa shape index (κ2) is 5.70. The van der Waals surface area contributed by atoms with Gasteiger partial charge in [0.15, 0.2) is 0 Å². The molecule has 2 unspecified atom stereocenters. The summed E-state index contributed by atoms with van der Waals surface area (Å²) in [6.45, 7) is 6.84. The Kier molecular flexibility index (Phi) is 4.75. The Hall–Kier alpha value is -1.08. The predicted octanol–water partition coefficient (Wildman–Crippen LogP) is 0.981. The lowest BCUT2D eigenvalue weighted by atomic mass is 10.2. The van der Waals surface area contributed by atoms with Crippen LogP contribution in [0.15, 0.2) is 0 Å². The molecule has 1 aliphatic heterocycles. The number of rotatable bonds is 4. The van der Waals surface area contributed by atoms with Crippen molar-refractivity contribution in [2.45, 2.75) is 44.3 Å². The largest absolute Gasteiger partial charge is 0.480 e. The van der Waals surface area contributed by atoms with Gasteiger partial charge in [-0.25, -0.2) is 9.59 Å². The molecule has 2 N–H and O–H groups in total. The van der Waals surface area contributed by atoms with E-state index in [4.69, 9.17) is 9.84 Å². The molecule has 0 saturated carbocycles. The number of carbonyl (C=O) groups is 2. The van der Waals surface area contributed by atoms with Gasteiger partial charge in [0, 0.05) is 14.5 Å². The van der Waals surface area contributed by atoms with E-state index in [1.54, 1.807) is 0 Å². The summed E-state index contributed by atoms with van der Waals surface area (Å²) < 4.78 is 5.08. The van der Waals surface area contributed by atoms with Crippen molar-refractivity contribution in [3.8, 4) is 0 Å². The van der Waals surface area contributed by atoms with Crippen LogP contribution in [0.25, 0.3) is 0 Å². The Labute approximate surface area is 108 Å². The highest BCUT2D eigenvalue weighted by atomic mass is 28.3. The van der Waals surface area contributed by atoms with E-state index >= 15 is 0 Å². The molecule has 104 valence electrons. The Morgan fingerprint density at radius 1 is 1.39 bits per heavy atom. The Bertz CT molecular complexity index is 328. The van der Waals surface area contributed by atoms with Crippen LogP contribution in [0, 0.1) is 0 Å². The average molecular weight is 275 g/mol. The quantitative estimate of drug-likeness (QED) is 0.747. The summed E-state index contributed by atoms with van der Waals surface area (Å²) in [5.74, 6) is -1.10. The van der Waals surface area contributed by atoms with E-state index in [2.05, 4.69) is 19.6 Å². The van der Waals surface area contributed by atoms with Crippen LogP contribution in [0.2, 0.25) is 25.7 Å². The second-order valence-corrected chi connectivity index (χ2v) is 11.4. The maximum atomic E-state index is 11.7. The number of β-amino-alcohol motifs (C(OH)–C–C–N with tert-alkyl or cyclic N) is 1. The first kappa shape index (κ1) is 15.0. The van der Waals surface area contributed by atoms with E-state index in [0.29, 0.717) is 6.61 Å². The van der Waals surface area contributed by atoms with Gasteiger partial charge in [-0.15, -0.1) is 0 Å². The normalized spacial score (nSPS) is 24.1. The molecule has 7 heteroatoms. The minimum Gasteiger partial charge on any atom is -0.480 e. The molecule has 18 heavy (non-hydrogen) atoms. The van der Waals surface area contributed by atoms with Gasteiger partial charge in [-0.3, -0.25) is 4.90 Å². The van der Waals surface area contributed by atoms with Gasteiger partial charge in [0.1, 0.15) is 6.04 Å². The van der Waals surface area contributed by atoms with Gasteiger partial charge in [-0.1, -0.05) is 19.6 Å². The van der Waals surface area contributed by atoms with Gasteiger partial charge in [0.05, 0.1) is 19.3 Å². The van der Waals surface area contributed by atoms with Crippen LogP contribution in [0.1, 0.15) is 6.42 Å². The standard InChI is InChI=1S/C11H21NO5Si/c1-18(2,3)5-4-17-11(16)12-7-8(13)6-9(12)10(14)15/h8-9,13H,4-7H2,1-3H3,(H,14,15). The summed E-state index contributed by atoms with van der Waals surface area (Å²) in [5.41, 5.74) is 0. The maximum absolute atomic E-state index is 11.7. The van der Waals surface area contributed by atoms with Crippen LogP contribution in [0.3, 0.4) is 0 Å². The van der Waals surface area contributed by atoms with Gasteiger partial charge >= 0.3 is 12.1 Å². The van der Waals surface area contributed by atoms with Gasteiger partial charge in [0.2, 0.25) is 0 Å². The van der Waals surface area contributed by atoms with Crippen molar-refractivity contribution in [3.05, 3.63) is 0 Å². The van der Waals surface area contributed by atoms with Crippen molar-refractivity contribution in [1.82, 2.24) is 4.90 Å². The van der Waals surface area contributed by atoms with Crippen molar-refractivity contribution in [1.29, 1.82) is 0 Å². The zero-order chi connectivity index (χ0) is 13.9. The Balaban J connectivity index is 2.48. The number of carboxylic acids is 1. The molecule has 1 rings (SSSR count). The summed E-state index contributed by atoms with van der Waals surface area (Å²) in [5, 5.41) is 18.4. The van der Waals surface area contributed by atoms with Crippen molar-refractivity contribution >= 4 is 20.1 Å². The number of aliphatic carboxylic acids is 1. The minimum atomic E-state index is -1.28. The fourth-order valence-corrected chi connectivity index (χ4v) is 2.49. The fraction of sp³-hybridized carbons (Fsp3) is 0.818. The molecule has 0 spiro atoms. The van der Waals surface area contributed by atoms with E-state index in [9.17, 15) is 14.7 Å². The van der Waals surface area contributed by atoms with Crippen LogP contribution < -0.4 is 0 Å². The third kappa shape index (κ3) is 4.30. The number of ether oxygens (including phenoxy) is 1. The molecule has 6 nitrogen and oxygen atoms in total. The molecule has 0 bridgehead atoms. The minimum absolute atomic E-state index is 0.0305. The van der Waals surface area contributed by atoms with Crippen LogP contribution in [0.4, 0.5) is 4.79 Å². The SMILES string of the molecule is C[Si](C)(C)CCOC(=O)N1CC(O)CC1C(=O)O. The van der Waals surface area contributed by atoms with Crippen LogP contribution in [-0.4, -0.2) is 60.5 Å². The highest BCUT2D eigenvalue weighted by Gasteiger charge is 2.39. The highest BCUT2D eigenvalue weighted by Crippen LogP contribution is 2.19. The number of nitrogens with zero attached hydrogens (tertiary/aromatic N) is 1. The number of aliphatic hydroxyl groups excluding tert-OH is 1. The van der Waals surface area contributed by atoms with E-state index in [1.165, 1.54) is 0 Å². The topological polar surface area (TPSA) is 87.1 Å². The van der Waals surface area contributed by atoms with Crippen molar-refractivity contribution in [2.24, 2.45) is 0 Å². The first-order valence-corrected chi connectivity index (χ1v) is 9.75. The summed E-state index contributed by atoms with van der Waals surface area (Å²) >= 11 is 0. The predicted molar refractivity (Wildman–Crippen MR) is 68.3 cm³/mol. The molecule has 0 aromatic carbocycles. The van der Waals surface area contributed by atoms with Gasteiger partial charge < -0.3 is 14.9 Å². The third-order valence-electron chi connectivity index (χ3n) is 2.88. The van der Waals surface area contributed by atoms with E-state index in [-0.39, 0.29) is 13.0 Å². The van der Waals surface area contributed by atoms with Crippen molar-refractivity contribution < 1.29 is 24.5 Å². The van der Waals surface area contributed by atoms with Crippen LogP contribution in [-0.2, 0) is 9.53 Å². The molecule has 0 aromatic heterocycles. The molecule has 1 heterocycles. The molecule has 1 saturated heterocycles. The number of likely N-dealkylation sites (tertiary alicyclic amines) is 1. The zero-order valence-corrected chi connectivity index (χ0v) is 12.0. The molecule has 0 radical (unpaired) electrons. The van der Waals surface area contributed by atoms with Gasteiger partial charge in [-0.05, 0) is 6.04 Å². The zero-order valence-electron chi connectivity index (χ0n) is 11.0. The lowest BCUT2D eigenvalue weighted by Gasteiger charge is -2.22. The number of carboxylic acid groups (broad SMARTS) is 1. The number of amides is 1. The first-order chi connectivity index (χ1) is 8.20. The molecule has 0 aliphatic carbocycles. The maximum Gasteiger partial charge on any atom is 0.410 e. The molecule has 1 aliphatic rings. The summed E-state index contributed by atoms with van der Waals surface area (Å²) in [4.78, 5) is 23.8. The lowest BCUT2D eigenvalue weighted by Crippen LogP contribution is -2.41. The molecule has 1 fully saturated rings. The molecular formula is C11H21NO5Si. The first-order valence-electron chi connectivity index (χ1n) is 6.05. The Morgan fingerprint density at radius 3 is 2.50 bits per heavy atom. The number of hydrogen-bond donors (Lipinski definition) is 2. The average Bonchev–Trinajstić information content (AvgIpc) is 2.58. The van der Waals surface area contributed by atoms with Gasteiger partial charge in [0.25, 0.3) is 0 Å². The van der Waals surface area contributed by atoms with Gasteiger partial charge in [-0.2, -0.15) is 0 Å². The summed E-state index contributed by atoms with van der Waals surface area (Å²) in [6.07, 6.45) is -1.36. The smallest absolute Gasteiger partial charge is 0.410 e. The van der Waals surface area contributed by atoms with Crippen molar-refractivity contribution in [3.63, 3.8) is 0 Å². The Morgan fingerprint density at radius 2 is 2.00 bits per heavy atom. The number of hydrogen-bond acceptors (Lipinski definition) is 4. The second-order valence-electron chi connectivity index (χ2n) is 5.82. The lowest BCUT2D eigenvalue weighted by molar-refractivity contribution is -0.141. The summed E-state index contributed by atoms with van der Waals surface area (Å²) in [7, 11) is -1.28. The van der Waals surface area contributed by atoms with Crippen molar-refractivity contribution in [2.75, 3.05) is 13.2 Å². The van der Waals surface area contributed by atoms with E-state index in [1.807, 2.05) is 0 Å². The molecule has 2 atom stereocenters.